The number of alkyl halides is 3. The van der Waals surface area contributed by atoms with Crippen LogP contribution in [0.2, 0.25) is 5.02 Å². The Morgan fingerprint density at radius 2 is 1.73 bits per heavy atom. The Bertz CT molecular complexity index is 1270. The van der Waals surface area contributed by atoms with Gasteiger partial charge in [0.25, 0.3) is 15.9 Å². The molecule has 1 amide bonds. The number of rotatable bonds is 7. The van der Waals surface area contributed by atoms with Crippen molar-refractivity contribution in [2.45, 2.75) is 18.0 Å². The minimum atomic E-state index is -4.59. The maximum atomic E-state index is 12.9. The second kappa shape index (κ2) is 9.72. The molecule has 0 fully saturated rings. The molecule has 3 rings (SSSR count). The number of sulfonamides is 1. The van der Waals surface area contributed by atoms with Crippen LogP contribution in [0.4, 0.5) is 24.5 Å². The molecular weight excluding hydrogens is 481 g/mol. The topological polar surface area (TPSA) is 84.5 Å². The van der Waals surface area contributed by atoms with E-state index in [4.69, 9.17) is 16.3 Å². The lowest BCUT2D eigenvalue weighted by molar-refractivity contribution is -0.137. The summed E-state index contributed by atoms with van der Waals surface area (Å²) in [5.41, 5.74) is -0.318. The molecule has 11 heteroatoms. The smallest absolute Gasteiger partial charge is 0.416 e. The van der Waals surface area contributed by atoms with Crippen molar-refractivity contribution in [3.63, 3.8) is 0 Å². The van der Waals surface area contributed by atoms with Gasteiger partial charge in [0, 0.05) is 5.69 Å². The predicted molar refractivity (Wildman–Crippen MR) is 119 cm³/mol. The van der Waals surface area contributed by atoms with Crippen LogP contribution in [0.3, 0.4) is 0 Å². The fraction of sp³-hybridized carbons (Fsp3) is 0.136. The lowest BCUT2D eigenvalue weighted by atomic mass is 10.2. The number of halogens is 4. The highest BCUT2D eigenvalue weighted by molar-refractivity contribution is 7.92. The first-order valence-electron chi connectivity index (χ1n) is 9.43. The van der Waals surface area contributed by atoms with Crippen LogP contribution >= 0.6 is 11.6 Å². The zero-order valence-corrected chi connectivity index (χ0v) is 18.7. The van der Waals surface area contributed by atoms with Crippen molar-refractivity contribution >= 4 is 38.9 Å². The Labute approximate surface area is 193 Å². The molecule has 6 nitrogen and oxygen atoms in total. The number of aryl methyl sites for hydroxylation is 1. The summed E-state index contributed by atoms with van der Waals surface area (Å²) in [6, 6.07) is 15.0. The first-order valence-corrected chi connectivity index (χ1v) is 11.3. The fourth-order valence-electron chi connectivity index (χ4n) is 2.80. The monoisotopic (exact) mass is 498 g/mol. The van der Waals surface area contributed by atoms with Crippen LogP contribution in [0.5, 0.6) is 5.75 Å². The third kappa shape index (κ3) is 6.39. The van der Waals surface area contributed by atoms with E-state index >= 15 is 0 Å². The molecule has 0 radical (unpaired) electrons. The van der Waals surface area contributed by atoms with Gasteiger partial charge in [0.2, 0.25) is 0 Å². The third-order valence-electron chi connectivity index (χ3n) is 4.41. The number of anilines is 2. The molecule has 3 aromatic carbocycles. The largest absolute Gasteiger partial charge is 0.483 e. The summed E-state index contributed by atoms with van der Waals surface area (Å²) < 4.78 is 71.6. The lowest BCUT2D eigenvalue weighted by Crippen LogP contribution is -2.21. The van der Waals surface area contributed by atoms with E-state index in [-0.39, 0.29) is 21.4 Å². The average molecular weight is 499 g/mol. The molecule has 0 saturated heterocycles. The van der Waals surface area contributed by atoms with E-state index in [0.717, 1.165) is 18.2 Å². The average Bonchev–Trinajstić information content (AvgIpc) is 2.74. The van der Waals surface area contributed by atoms with Gasteiger partial charge in [-0.25, -0.2) is 8.42 Å². The highest BCUT2D eigenvalue weighted by Crippen LogP contribution is 2.33. The summed E-state index contributed by atoms with van der Waals surface area (Å²) >= 11 is 5.87. The Hall–Kier alpha value is -3.24. The zero-order valence-electron chi connectivity index (χ0n) is 17.1. The quantitative estimate of drug-likeness (QED) is 0.451. The van der Waals surface area contributed by atoms with E-state index in [2.05, 4.69) is 10.0 Å². The second-order valence-corrected chi connectivity index (χ2v) is 9.02. The molecule has 0 atom stereocenters. The number of ether oxygens (including phenoxy) is 1. The van der Waals surface area contributed by atoms with Crippen LogP contribution in [0.1, 0.15) is 11.1 Å². The molecule has 0 unspecified atom stereocenters. The maximum absolute atomic E-state index is 12.9. The van der Waals surface area contributed by atoms with E-state index < -0.39 is 34.3 Å². The van der Waals surface area contributed by atoms with Crippen LogP contribution in [0.25, 0.3) is 0 Å². The molecule has 0 aliphatic heterocycles. The number of carbonyl (C=O) groups is 1. The minimum absolute atomic E-state index is 0.00333. The van der Waals surface area contributed by atoms with Crippen LogP contribution in [-0.2, 0) is 21.0 Å². The number of para-hydroxylation sites is 1. The van der Waals surface area contributed by atoms with Crippen LogP contribution in [0, 0.1) is 6.92 Å². The lowest BCUT2D eigenvalue weighted by Gasteiger charge is -2.14. The Kier molecular flexibility index (Phi) is 7.19. The molecule has 3 aromatic rings. The number of nitrogens with one attached hydrogen (secondary N) is 2. The standard InChI is InChI=1S/C22H18ClF3N2O4S/c1-14-11-17(33(30,31)28-16-5-3-2-4-6-16)8-10-20(14)32-13-21(29)27-19-12-15(22(24,25)26)7-9-18(19)23/h2-12,28H,13H2,1H3,(H,27,29). The Balaban J connectivity index is 1.66. The number of hydrogen-bond acceptors (Lipinski definition) is 4. The van der Waals surface area contributed by atoms with E-state index in [9.17, 15) is 26.4 Å². The van der Waals surface area contributed by atoms with E-state index in [1.165, 1.54) is 18.2 Å². The van der Waals surface area contributed by atoms with Crippen LogP contribution in [-0.4, -0.2) is 20.9 Å². The van der Waals surface area contributed by atoms with Gasteiger partial charge in [-0.3, -0.25) is 9.52 Å². The van der Waals surface area contributed by atoms with Gasteiger partial charge in [-0.05, 0) is 61.0 Å². The molecule has 0 aromatic heterocycles. The van der Waals surface area contributed by atoms with Gasteiger partial charge < -0.3 is 10.1 Å². The van der Waals surface area contributed by atoms with Crippen molar-refractivity contribution in [3.05, 3.63) is 82.9 Å². The van der Waals surface area contributed by atoms with E-state index in [1.54, 1.807) is 37.3 Å². The molecule has 0 aliphatic rings. The van der Waals surface area contributed by atoms with Gasteiger partial charge in [-0.1, -0.05) is 29.8 Å². The Morgan fingerprint density at radius 1 is 1.03 bits per heavy atom. The molecule has 0 heterocycles. The van der Waals surface area contributed by atoms with Gasteiger partial charge in [-0.2, -0.15) is 13.2 Å². The van der Waals surface area contributed by atoms with Gasteiger partial charge in [0.1, 0.15) is 5.75 Å². The normalized spacial score (nSPS) is 11.7. The van der Waals surface area contributed by atoms with Crippen LogP contribution < -0.4 is 14.8 Å². The number of amides is 1. The predicted octanol–water partition coefficient (Wildman–Crippen LogP) is 5.49. The van der Waals surface area contributed by atoms with Crippen molar-refractivity contribution in [1.82, 2.24) is 0 Å². The van der Waals surface area contributed by atoms with Gasteiger partial charge in [0.05, 0.1) is 21.2 Å². The summed E-state index contributed by atoms with van der Waals surface area (Å²) in [5.74, 6) is -0.503. The summed E-state index contributed by atoms with van der Waals surface area (Å²) in [7, 11) is -3.84. The van der Waals surface area contributed by atoms with Crippen molar-refractivity contribution < 1.29 is 31.1 Å². The minimum Gasteiger partial charge on any atom is -0.483 e. The second-order valence-electron chi connectivity index (χ2n) is 6.93. The van der Waals surface area contributed by atoms with Gasteiger partial charge >= 0.3 is 6.18 Å². The van der Waals surface area contributed by atoms with Crippen molar-refractivity contribution in [3.8, 4) is 5.75 Å². The molecule has 2 N–H and O–H groups in total. The van der Waals surface area contributed by atoms with E-state index in [0.29, 0.717) is 11.3 Å². The molecular formula is C22H18ClF3N2O4S. The molecule has 0 spiro atoms. The van der Waals surface area contributed by atoms with Crippen molar-refractivity contribution in [1.29, 1.82) is 0 Å². The molecule has 0 aliphatic carbocycles. The maximum Gasteiger partial charge on any atom is 0.416 e. The number of carbonyl (C=O) groups excluding carboxylic acids is 1. The summed E-state index contributed by atoms with van der Waals surface area (Å²) in [4.78, 5) is 12.2. The molecule has 33 heavy (non-hydrogen) atoms. The molecule has 0 bridgehead atoms. The highest BCUT2D eigenvalue weighted by atomic mass is 35.5. The first-order chi connectivity index (χ1) is 15.5. The third-order valence-corrected chi connectivity index (χ3v) is 6.12. The zero-order chi connectivity index (χ0) is 24.2. The Morgan fingerprint density at radius 3 is 2.36 bits per heavy atom. The number of hydrogen-bond donors (Lipinski definition) is 2. The van der Waals surface area contributed by atoms with Crippen molar-refractivity contribution in [2.24, 2.45) is 0 Å². The van der Waals surface area contributed by atoms with Gasteiger partial charge in [0.15, 0.2) is 6.61 Å². The first kappa shape index (κ1) is 24.4. The van der Waals surface area contributed by atoms with Crippen LogP contribution in [0.15, 0.2) is 71.6 Å². The van der Waals surface area contributed by atoms with Crippen molar-refractivity contribution in [2.75, 3.05) is 16.6 Å². The summed E-state index contributed by atoms with van der Waals surface area (Å²) in [6.07, 6.45) is -4.59. The molecule has 0 saturated carbocycles. The summed E-state index contributed by atoms with van der Waals surface area (Å²) in [5, 5.41) is 2.21. The highest BCUT2D eigenvalue weighted by Gasteiger charge is 2.31. The van der Waals surface area contributed by atoms with E-state index in [1.807, 2.05) is 0 Å². The summed E-state index contributed by atoms with van der Waals surface area (Å²) in [6.45, 7) is 1.07. The fourth-order valence-corrected chi connectivity index (χ4v) is 4.11. The van der Waals surface area contributed by atoms with Gasteiger partial charge in [-0.15, -0.1) is 0 Å². The SMILES string of the molecule is Cc1cc(S(=O)(=O)Nc2ccccc2)ccc1OCC(=O)Nc1cc(C(F)(F)F)ccc1Cl. The number of benzene rings is 3. The molecule has 174 valence electrons.